The maximum absolute atomic E-state index is 12.8. The number of aromatic amines is 1. The molecule has 0 atom stereocenters. The Hall–Kier alpha value is -1.36. The maximum Gasteiger partial charge on any atom is 0.229 e. The smallest absolute Gasteiger partial charge is 0.229 e. The molecule has 106 valence electrons. The summed E-state index contributed by atoms with van der Waals surface area (Å²) in [6.45, 7) is 4.61. The van der Waals surface area contributed by atoms with Gasteiger partial charge in [0.25, 0.3) is 0 Å². The first-order valence-electron chi connectivity index (χ1n) is 7.12. The lowest BCUT2D eigenvalue weighted by molar-refractivity contribution is -0.143. The molecule has 5 heteroatoms. The summed E-state index contributed by atoms with van der Waals surface area (Å²) in [5, 5.41) is 3.35. The van der Waals surface area contributed by atoms with Crippen molar-refractivity contribution in [2.24, 2.45) is 5.41 Å². The summed E-state index contributed by atoms with van der Waals surface area (Å²) in [6, 6.07) is 0. The van der Waals surface area contributed by atoms with Crippen LogP contribution in [0.4, 0.5) is 0 Å². The highest BCUT2D eigenvalue weighted by molar-refractivity contribution is 5.82. The number of hydrogen-bond donors (Lipinski definition) is 2. The van der Waals surface area contributed by atoms with Crippen LogP contribution in [0.1, 0.15) is 38.4 Å². The van der Waals surface area contributed by atoms with Gasteiger partial charge in [-0.25, -0.2) is 4.98 Å². The van der Waals surface area contributed by atoms with E-state index in [-0.39, 0.29) is 11.3 Å². The molecule has 0 unspecified atom stereocenters. The first kappa shape index (κ1) is 14.1. The number of nitrogens with one attached hydrogen (secondary N) is 2. The van der Waals surface area contributed by atoms with Crippen molar-refractivity contribution in [3.63, 3.8) is 0 Å². The molecule has 1 aromatic rings. The zero-order valence-electron chi connectivity index (χ0n) is 11.9. The van der Waals surface area contributed by atoms with Gasteiger partial charge in [-0.3, -0.25) is 4.79 Å². The minimum Gasteiger partial charge on any atom is -0.347 e. The van der Waals surface area contributed by atoms with Crippen LogP contribution in [-0.2, 0) is 11.3 Å². The number of amides is 1. The third-order valence-corrected chi connectivity index (χ3v) is 4.03. The van der Waals surface area contributed by atoms with Gasteiger partial charge in [-0.2, -0.15) is 0 Å². The van der Waals surface area contributed by atoms with Gasteiger partial charge in [0.15, 0.2) is 0 Å². The fraction of sp³-hybridized carbons (Fsp3) is 0.714. The topological polar surface area (TPSA) is 61.0 Å². The summed E-state index contributed by atoms with van der Waals surface area (Å²) in [6.07, 6.45) is 7.45. The zero-order valence-corrected chi connectivity index (χ0v) is 11.9. The number of aromatic nitrogens is 2. The van der Waals surface area contributed by atoms with Gasteiger partial charge >= 0.3 is 0 Å². The second-order valence-electron chi connectivity index (χ2n) is 5.48. The Morgan fingerprint density at radius 1 is 1.47 bits per heavy atom. The number of nitrogens with zero attached hydrogens (tertiary/aromatic N) is 2. The van der Waals surface area contributed by atoms with Crippen molar-refractivity contribution in [3.8, 4) is 0 Å². The molecule has 2 rings (SSSR count). The Bertz CT molecular complexity index is 390. The lowest BCUT2D eigenvalue weighted by atomic mass is 9.74. The maximum atomic E-state index is 12.8. The summed E-state index contributed by atoms with van der Waals surface area (Å²) >= 11 is 0. The zero-order chi connectivity index (χ0) is 13.7. The van der Waals surface area contributed by atoms with Crippen LogP contribution in [0.25, 0.3) is 0 Å². The van der Waals surface area contributed by atoms with Gasteiger partial charge in [-0.1, -0.05) is 13.3 Å². The first-order valence-corrected chi connectivity index (χ1v) is 7.12. The van der Waals surface area contributed by atoms with Crippen LogP contribution in [-0.4, -0.2) is 40.9 Å². The van der Waals surface area contributed by atoms with E-state index in [1.807, 2.05) is 11.9 Å². The number of rotatable bonds is 5. The second kappa shape index (κ2) is 6.19. The average molecular weight is 264 g/mol. The summed E-state index contributed by atoms with van der Waals surface area (Å²) in [5.74, 6) is 1.11. The van der Waals surface area contributed by atoms with Crippen molar-refractivity contribution >= 4 is 5.91 Å². The van der Waals surface area contributed by atoms with E-state index in [9.17, 15) is 4.79 Å². The molecule has 1 aliphatic heterocycles. The van der Waals surface area contributed by atoms with Crippen molar-refractivity contribution in [3.05, 3.63) is 18.2 Å². The minimum absolute atomic E-state index is 0.165. The van der Waals surface area contributed by atoms with E-state index in [1.54, 1.807) is 12.4 Å². The predicted molar refractivity (Wildman–Crippen MR) is 74.5 cm³/mol. The molecule has 1 fully saturated rings. The number of H-pyrrole nitrogens is 1. The highest BCUT2D eigenvalue weighted by Crippen LogP contribution is 2.36. The van der Waals surface area contributed by atoms with Crippen LogP contribution < -0.4 is 5.32 Å². The molecular weight excluding hydrogens is 240 g/mol. The number of carbonyl (C=O) groups is 1. The van der Waals surface area contributed by atoms with E-state index in [1.165, 1.54) is 0 Å². The van der Waals surface area contributed by atoms with Gasteiger partial charge < -0.3 is 15.2 Å². The van der Waals surface area contributed by atoms with Crippen LogP contribution in [0.15, 0.2) is 12.4 Å². The number of imidazole rings is 1. The summed E-state index contributed by atoms with van der Waals surface area (Å²) in [4.78, 5) is 21.9. The second-order valence-corrected chi connectivity index (χ2v) is 5.48. The van der Waals surface area contributed by atoms with Gasteiger partial charge in [0.1, 0.15) is 5.82 Å². The molecule has 0 saturated carbocycles. The molecule has 19 heavy (non-hydrogen) atoms. The lowest BCUT2D eigenvalue weighted by Gasteiger charge is -2.38. The van der Waals surface area contributed by atoms with Crippen molar-refractivity contribution < 1.29 is 4.79 Å². The molecule has 2 N–H and O–H groups in total. The van der Waals surface area contributed by atoms with Crippen LogP contribution in [0, 0.1) is 5.41 Å². The first-order chi connectivity index (χ1) is 9.18. The van der Waals surface area contributed by atoms with Gasteiger partial charge in [-0.15, -0.1) is 0 Å². The number of carbonyl (C=O) groups excluding carboxylic acids is 1. The third kappa shape index (κ3) is 3.15. The highest BCUT2D eigenvalue weighted by Gasteiger charge is 2.40. The molecular formula is C14H24N4O. The van der Waals surface area contributed by atoms with Crippen molar-refractivity contribution in [2.75, 3.05) is 20.1 Å². The van der Waals surface area contributed by atoms with Crippen LogP contribution in [0.5, 0.6) is 0 Å². The highest BCUT2D eigenvalue weighted by atomic mass is 16.2. The fourth-order valence-corrected chi connectivity index (χ4v) is 3.04. The van der Waals surface area contributed by atoms with E-state index in [4.69, 9.17) is 0 Å². The summed E-state index contributed by atoms with van der Waals surface area (Å²) < 4.78 is 0. The normalized spacial score (nSPS) is 18.2. The fourth-order valence-electron chi connectivity index (χ4n) is 3.04. The van der Waals surface area contributed by atoms with Crippen LogP contribution >= 0.6 is 0 Å². The summed E-state index contributed by atoms with van der Waals surface area (Å²) in [7, 11) is 1.88. The van der Waals surface area contributed by atoms with Gasteiger partial charge in [0, 0.05) is 19.4 Å². The molecule has 0 aliphatic carbocycles. The molecule has 1 aliphatic rings. The Kier molecular flexibility index (Phi) is 4.58. The molecule has 0 spiro atoms. The molecule has 1 saturated heterocycles. The third-order valence-electron chi connectivity index (χ3n) is 4.03. The molecule has 5 nitrogen and oxygen atoms in total. The van der Waals surface area contributed by atoms with Crippen molar-refractivity contribution in [1.82, 2.24) is 20.2 Å². The van der Waals surface area contributed by atoms with Crippen molar-refractivity contribution in [1.29, 1.82) is 0 Å². The van der Waals surface area contributed by atoms with E-state index >= 15 is 0 Å². The Balaban J connectivity index is 2.05. The van der Waals surface area contributed by atoms with E-state index in [0.29, 0.717) is 6.54 Å². The lowest BCUT2D eigenvalue weighted by Crippen LogP contribution is -2.48. The van der Waals surface area contributed by atoms with Crippen LogP contribution in [0.2, 0.25) is 0 Å². The van der Waals surface area contributed by atoms with E-state index < -0.39 is 0 Å². The molecule has 0 bridgehead atoms. The molecule has 2 heterocycles. The van der Waals surface area contributed by atoms with Crippen LogP contribution in [0.3, 0.4) is 0 Å². The number of piperidine rings is 1. The van der Waals surface area contributed by atoms with Crippen molar-refractivity contribution in [2.45, 2.75) is 39.2 Å². The van der Waals surface area contributed by atoms with Gasteiger partial charge in [0.2, 0.25) is 5.91 Å². The minimum atomic E-state index is -0.165. The van der Waals surface area contributed by atoms with Gasteiger partial charge in [0.05, 0.1) is 12.0 Å². The average Bonchev–Trinajstić information content (AvgIpc) is 2.92. The summed E-state index contributed by atoms with van der Waals surface area (Å²) in [5.41, 5.74) is -0.165. The Morgan fingerprint density at radius 2 is 2.21 bits per heavy atom. The monoisotopic (exact) mass is 264 g/mol. The quantitative estimate of drug-likeness (QED) is 0.848. The van der Waals surface area contributed by atoms with E-state index in [2.05, 4.69) is 22.2 Å². The molecule has 0 aromatic carbocycles. The molecule has 0 radical (unpaired) electrons. The largest absolute Gasteiger partial charge is 0.347 e. The molecule has 1 amide bonds. The van der Waals surface area contributed by atoms with Gasteiger partial charge in [-0.05, 0) is 32.4 Å². The SMILES string of the molecule is CCCC1(C(=O)N(C)Cc2ncc[nH]2)CCNCC1. The standard InChI is InChI=1S/C14H24N4O/c1-3-4-14(5-7-15-8-6-14)13(19)18(2)11-12-16-9-10-17-12/h9-10,15H,3-8,11H2,1-2H3,(H,16,17). The Labute approximate surface area is 114 Å². The Morgan fingerprint density at radius 3 is 2.79 bits per heavy atom. The van der Waals surface area contributed by atoms with E-state index in [0.717, 1.165) is 44.6 Å². The molecule has 1 aromatic heterocycles. The predicted octanol–water partition coefficient (Wildman–Crippen LogP) is 1.54. The number of hydrogen-bond acceptors (Lipinski definition) is 3.